The number of halogens is 2. The second kappa shape index (κ2) is 5.65. The molecule has 1 aliphatic rings. The van der Waals surface area contributed by atoms with E-state index in [2.05, 4.69) is 4.74 Å². The quantitative estimate of drug-likeness (QED) is 0.513. The van der Waals surface area contributed by atoms with Crippen molar-refractivity contribution in [2.24, 2.45) is 5.92 Å². The number of nitrogens with zero attached hydrogens (tertiary/aromatic N) is 1. The lowest BCUT2D eigenvalue weighted by molar-refractivity contribution is -0.165. The minimum Gasteiger partial charge on any atom is -0.497 e. The fourth-order valence-electron chi connectivity index (χ4n) is 2.40. The molecule has 1 saturated heterocycles. The molecular weight excluding hydrogens is 288 g/mol. The van der Waals surface area contributed by atoms with Gasteiger partial charge < -0.3 is 9.47 Å². The Hall–Kier alpha value is -2.22. The van der Waals surface area contributed by atoms with Crippen LogP contribution >= 0.6 is 0 Å². The predicted octanol–water partition coefficient (Wildman–Crippen LogP) is 1.08. The van der Waals surface area contributed by atoms with Gasteiger partial charge in [0.25, 0.3) is 5.91 Å². The van der Waals surface area contributed by atoms with E-state index < -0.39 is 47.5 Å². The van der Waals surface area contributed by atoms with E-state index >= 15 is 0 Å². The first-order valence-electron chi connectivity index (χ1n) is 6.01. The van der Waals surface area contributed by atoms with Crippen molar-refractivity contribution in [2.45, 2.75) is 5.92 Å². The maximum absolute atomic E-state index is 14.1. The second-order valence-corrected chi connectivity index (χ2v) is 4.53. The molecule has 1 heterocycles. The van der Waals surface area contributed by atoms with Crippen molar-refractivity contribution in [3.63, 3.8) is 0 Å². The number of methoxy groups -OCH3 is 2. The zero-order chi connectivity index (χ0) is 15.7. The zero-order valence-corrected chi connectivity index (χ0v) is 11.3. The molecule has 0 spiro atoms. The van der Waals surface area contributed by atoms with E-state index in [1.54, 1.807) is 0 Å². The molecule has 0 aliphatic carbocycles. The molecule has 2 rings (SSSR count). The molecule has 6 nitrogen and oxygen atoms in total. The normalized spacial score (nSPS) is 21.6. The number of hydrogen-bond donors (Lipinski definition) is 1. The Balaban J connectivity index is 2.49. The number of benzene rings is 1. The molecule has 8 heteroatoms. The van der Waals surface area contributed by atoms with Crippen molar-refractivity contribution in [1.82, 2.24) is 5.06 Å². The minimum absolute atomic E-state index is 0.0338. The summed E-state index contributed by atoms with van der Waals surface area (Å²) in [5.74, 6) is -6.55. The highest BCUT2D eigenvalue weighted by molar-refractivity contribution is 6.00. The maximum Gasteiger partial charge on any atom is 0.319 e. The average Bonchev–Trinajstić information content (AvgIpc) is 2.73. The standard InChI is InChI=1S/C13H13F2NO5/c1-20-6-3-8(14)10(9(15)4-6)7-5-16(19)12(17)11(7)13(18)21-2/h3-4,7,11,19H,5H2,1-2H3/t7-,11-/m0/s1. The summed E-state index contributed by atoms with van der Waals surface area (Å²) in [5.41, 5.74) is -0.462. The van der Waals surface area contributed by atoms with Gasteiger partial charge in [-0.1, -0.05) is 0 Å². The average molecular weight is 301 g/mol. The molecule has 0 aromatic heterocycles. The number of hydroxylamine groups is 2. The third-order valence-corrected chi connectivity index (χ3v) is 3.41. The molecule has 21 heavy (non-hydrogen) atoms. The summed E-state index contributed by atoms with van der Waals surface area (Å²) in [6.07, 6.45) is 0. The van der Waals surface area contributed by atoms with Gasteiger partial charge in [-0.2, -0.15) is 0 Å². The van der Waals surface area contributed by atoms with E-state index in [0.717, 1.165) is 19.2 Å². The summed E-state index contributed by atoms with van der Waals surface area (Å²) >= 11 is 0. The molecule has 1 amide bonds. The Morgan fingerprint density at radius 3 is 2.38 bits per heavy atom. The smallest absolute Gasteiger partial charge is 0.319 e. The first kappa shape index (κ1) is 15.2. The van der Waals surface area contributed by atoms with Crippen molar-refractivity contribution in [3.05, 3.63) is 29.3 Å². The van der Waals surface area contributed by atoms with Crippen molar-refractivity contribution >= 4 is 11.9 Å². The largest absolute Gasteiger partial charge is 0.497 e. The number of ether oxygens (including phenoxy) is 2. The molecule has 114 valence electrons. The van der Waals surface area contributed by atoms with E-state index in [1.165, 1.54) is 7.11 Å². The van der Waals surface area contributed by atoms with Gasteiger partial charge in [0.2, 0.25) is 0 Å². The van der Waals surface area contributed by atoms with Crippen LogP contribution in [0.25, 0.3) is 0 Å². The number of carbonyl (C=O) groups excluding carboxylic acids is 2. The summed E-state index contributed by atoms with van der Waals surface area (Å²) in [4.78, 5) is 23.4. The van der Waals surface area contributed by atoms with E-state index in [-0.39, 0.29) is 10.8 Å². The Kier molecular flexibility index (Phi) is 4.08. The molecule has 1 aliphatic heterocycles. The molecule has 2 atom stereocenters. The van der Waals surface area contributed by atoms with Crippen molar-refractivity contribution in [1.29, 1.82) is 0 Å². The lowest BCUT2D eigenvalue weighted by Gasteiger charge is -2.17. The monoisotopic (exact) mass is 301 g/mol. The zero-order valence-electron chi connectivity index (χ0n) is 11.3. The summed E-state index contributed by atoms with van der Waals surface area (Å²) in [5, 5.41) is 9.69. The van der Waals surface area contributed by atoms with E-state index in [9.17, 15) is 23.6 Å². The van der Waals surface area contributed by atoms with Crippen LogP contribution in [-0.2, 0) is 14.3 Å². The summed E-state index contributed by atoms with van der Waals surface area (Å²) in [7, 11) is 2.30. The molecule has 1 aromatic carbocycles. The maximum atomic E-state index is 14.1. The Morgan fingerprint density at radius 1 is 1.33 bits per heavy atom. The SMILES string of the molecule is COC(=O)[C@@H]1C(=O)N(O)C[C@H]1c1c(F)cc(OC)cc1F. The van der Waals surface area contributed by atoms with E-state index in [4.69, 9.17) is 4.74 Å². The molecule has 0 radical (unpaired) electrons. The lowest BCUT2D eigenvalue weighted by Crippen LogP contribution is -2.29. The summed E-state index contributed by atoms with van der Waals surface area (Å²) in [6.45, 7) is -0.404. The van der Waals surface area contributed by atoms with Crippen LogP contribution in [0.4, 0.5) is 8.78 Å². The first-order valence-corrected chi connectivity index (χ1v) is 6.01. The second-order valence-electron chi connectivity index (χ2n) is 4.53. The molecule has 1 N–H and O–H groups in total. The minimum atomic E-state index is -1.49. The third-order valence-electron chi connectivity index (χ3n) is 3.41. The van der Waals surface area contributed by atoms with Gasteiger partial charge in [0, 0.05) is 23.6 Å². The highest BCUT2D eigenvalue weighted by atomic mass is 19.1. The van der Waals surface area contributed by atoms with Gasteiger partial charge in [-0.3, -0.25) is 14.8 Å². The van der Waals surface area contributed by atoms with Crippen molar-refractivity contribution in [2.75, 3.05) is 20.8 Å². The van der Waals surface area contributed by atoms with Gasteiger partial charge in [-0.15, -0.1) is 0 Å². The molecule has 1 fully saturated rings. The van der Waals surface area contributed by atoms with Gasteiger partial charge in [0.15, 0.2) is 0 Å². The van der Waals surface area contributed by atoms with Crippen LogP contribution < -0.4 is 4.74 Å². The van der Waals surface area contributed by atoms with Crippen LogP contribution in [0, 0.1) is 17.6 Å². The highest BCUT2D eigenvalue weighted by Gasteiger charge is 2.48. The van der Waals surface area contributed by atoms with E-state index in [0.29, 0.717) is 0 Å². The number of hydrogen-bond acceptors (Lipinski definition) is 5. The topological polar surface area (TPSA) is 76.1 Å². The lowest BCUT2D eigenvalue weighted by atomic mass is 9.87. The van der Waals surface area contributed by atoms with Crippen LogP contribution in [-0.4, -0.2) is 42.9 Å². The summed E-state index contributed by atoms with van der Waals surface area (Å²) in [6, 6.07) is 1.88. The van der Waals surface area contributed by atoms with Crippen LogP contribution in [0.1, 0.15) is 11.5 Å². The van der Waals surface area contributed by atoms with Crippen LogP contribution in [0.15, 0.2) is 12.1 Å². The Labute approximate surface area is 118 Å². The third kappa shape index (κ3) is 2.54. The van der Waals surface area contributed by atoms with Crippen LogP contribution in [0.5, 0.6) is 5.75 Å². The number of esters is 1. The molecule has 0 bridgehead atoms. The predicted molar refractivity (Wildman–Crippen MR) is 64.7 cm³/mol. The van der Waals surface area contributed by atoms with Gasteiger partial charge in [0.05, 0.1) is 20.8 Å². The van der Waals surface area contributed by atoms with Crippen molar-refractivity contribution in [3.8, 4) is 5.75 Å². The number of amides is 1. The summed E-state index contributed by atoms with van der Waals surface area (Å²) < 4.78 is 37.3. The van der Waals surface area contributed by atoms with Gasteiger partial charge in [-0.25, -0.2) is 13.8 Å². The fraction of sp³-hybridized carbons (Fsp3) is 0.385. The number of rotatable bonds is 3. The molecular formula is C13H13F2NO5. The molecule has 0 saturated carbocycles. The highest BCUT2D eigenvalue weighted by Crippen LogP contribution is 2.37. The molecule has 0 unspecified atom stereocenters. The molecule has 1 aromatic rings. The van der Waals surface area contributed by atoms with Gasteiger partial charge in [-0.05, 0) is 0 Å². The number of carbonyl (C=O) groups is 2. The van der Waals surface area contributed by atoms with Crippen LogP contribution in [0.3, 0.4) is 0 Å². The van der Waals surface area contributed by atoms with Crippen LogP contribution in [0.2, 0.25) is 0 Å². The first-order chi connectivity index (χ1) is 9.90. The Morgan fingerprint density at radius 2 is 1.90 bits per heavy atom. The Bertz CT molecular complexity index is 569. The fourth-order valence-corrected chi connectivity index (χ4v) is 2.40. The van der Waals surface area contributed by atoms with Gasteiger partial charge in [0.1, 0.15) is 23.3 Å². The van der Waals surface area contributed by atoms with Crippen molar-refractivity contribution < 1.29 is 33.1 Å². The van der Waals surface area contributed by atoms with E-state index in [1.807, 2.05) is 0 Å². The van der Waals surface area contributed by atoms with Gasteiger partial charge >= 0.3 is 5.97 Å².